The minimum absolute atomic E-state index is 0.0361. The Morgan fingerprint density at radius 2 is 1.52 bits per heavy atom. The number of rotatable bonds is 14. The zero-order valence-electron chi connectivity index (χ0n) is 25.7. The van der Waals surface area contributed by atoms with Crippen molar-refractivity contribution in [3.8, 4) is 11.1 Å². The Morgan fingerprint density at radius 3 is 2.17 bits per heavy atom. The average Bonchev–Trinajstić information content (AvgIpc) is 3.03. The smallest absolute Gasteiger partial charge is 0.264 e. The fourth-order valence-electron chi connectivity index (χ4n) is 5.03. The van der Waals surface area contributed by atoms with Gasteiger partial charge in [0.05, 0.1) is 4.90 Å². The normalized spacial score (nSPS) is 11.9. The molecule has 0 aliphatic carbocycles. The molecule has 1 unspecified atom stereocenters. The first-order chi connectivity index (χ1) is 22.0. The van der Waals surface area contributed by atoms with Crippen molar-refractivity contribution in [3.63, 3.8) is 0 Å². The van der Waals surface area contributed by atoms with E-state index in [4.69, 9.17) is 0 Å². The Labute approximate surface area is 268 Å². The third kappa shape index (κ3) is 9.17. The number of unbranched alkanes of at least 4 members (excludes halogenated alkanes) is 1. The van der Waals surface area contributed by atoms with Crippen molar-refractivity contribution in [3.05, 3.63) is 119 Å². The van der Waals surface area contributed by atoms with Crippen molar-refractivity contribution in [2.75, 3.05) is 5.32 Å². The van der Waals surface area contributed by atoms with Gasteiger partial charge in [0.25, 0.3) is 10.0 Å². The van der Waals surface area contributed by atoms with Crippen LogP contribution in [-0.4, -0.2) is 26.0 Å². The molecule has 7 nitrogen and oxygen atoms in total. The Morgan fingerprint density at radius 1 is 0.826 bits per heavy atom. The number of carbonyl (C=O) groups is 3. The molecule has 0 heterocycles. The van der Waals surface area contributed by atoms with Crippen LogP contribution in [0.15, 0.2) is 95.9 Å². The van der Waals surface area contributed by atoms with Gasteiger partial charge in [0.1, 0.15) is 0 Å². The van der Waals surface area contributed by atoms with Crippen LogP contribution in [0.4, 0.5) is 14.5 Å². The van der Waals surface area contributed by atoms with E-state index in [1.165, 1.54) is 0 Å². The highest BCUT2D eigenvalue weighted by Crippen LogP contribution is 2.26. The molecule has 0 saturated heterocycles. The van der Waals surface area contributed by atoms with E-state index in [0.29, 0.717) is 41.8 Å². The summed E-state index contributed by atoms with van der Waals surface area (Å²) >= 11 is 0. The summed E-state index contributed by atoms with van der Waals surface area (Å²) in [5, 5.41) is 2.88. The standard InChI is InChI=1S/C36H36F2N2O5S/c1-3-4-10-35(42)39-29-16-13-26(14-17-29)27-15-19-31(24(2)21-27)34(41)22-28(12-11-25-8-6-5-7-9-25)36(43)40-46(44,45)30-18-20-32(37)33(38)23-30/h5-9,13-21,23,28H,3-4,10-12,22H2,1-2H3,(H,39,42)(H,40,43). The van der Waals surface area contributed by atoms with Gasteiger partial charge < -0.3 is 5.32 Å². The summed E-state index contributed by atoms with van der Waals surface area (Å²) in [7, 11) is -4.53. The van der Waals surface area contributed by atoms with Gasteiger partial charge in [-0.1, -0.05) is 74.0 Å². The number of nitrogens with one attached hydrogen (secondary N) is 2. The lowest BCUT2D eigenvalue weighted by Crippen LogP contribution is -2.37. The third-order valence-electron chi connectivity index (χ3n) is 7.65. The second-order valence-electron chi connectivity index (χ2n) is 11.2. The maximum atomic E-state index is 13.7. The van der Waals surface area contributed by atoms with Crippen LogP contribution in [0.3, 0.4) is 0 Å². The van der Waals surface area contributed by atoms with Gasteiger partial charge in [0, 0.05) is 30.0 Å². The number of sulfonamides is 1. The Balaban J connectivity index is 1.50. The summed E-state index contributed by atoms with van der Waals surface area (Å²) in [6.07, 6.45) is 2.54. The van der Waals surface area contributed by atoms with Gasteiger partial charge in [0.15, 0.2) is 17.4 Å². The van der Waals surface area contributed by atoms with Gasteiger partial charge in [-0.15, -0.1) is 0 Å². The van der Waals surface area contributed by atoms with Crippen LogP contribution in [0.1, 0.15) is 60.5 Å². The SMILES string of the molecule is CCCCC(=O)Nc1ccc(-c2ccc(C(=O)CC(CCc3ccccc3)C(=O)NS(=O)(=O)c3ccc(F)c(F)c3)c(C)c2)cc1. The van der Waals surface area contributed by atoms with Crippen molar-refractivity contribution >= 4 is 33.3 Å². The summed E-state index contributed by atoms with van der Waals surface area (Å²) in [6.45, 7) is 3.81. The van der Waals surface area contributed by atoms with Crippen LogP contribution in [0.5, 0.6) is 0 Å². The molecule has 0 radical (unpaired) electrons. The van der Waals surface area contributed by atoms with Gasteiger partial charge in [-0.2, -0.15) is 0 Å². The molecule has 0 fully saturated rings. The zero-order chi connectivity index (χ0) is 33.3. The third-order valence-corrected chi connectivity index (χ3v) is 8.99. The quantitative estimate of drug-likeness (QED) is 0.139. The number of anilines is 1. The molecule has 1 atom stereocenters. The molecule has 0 bridgehead atoms. The first-order valence-corrected chi connectivity index (χ1v) is 16.5. The van der Waals surface area contributed by atoms with Gasteiger partial charge in [-0.3, -0.25) is 14.4 Å². The largest absolute Gasteiger partial charge is 0.326 e. The number of Topliss-reactive ketones (excluding diaryl/α,β-unsaturated/α-hetero) is 1. The molecule has 0 spiro atoms. The number of carbonyl (C=O) groups excluding carboxylic acids is 3. The fraction of sp³-hybridized carbons (Fsp3) is 0.250. The second-order valence-corrected chi connectivity index (χ2v) is 12.8. The Kier molecular flexibility index (Phi) is 11.5. The van der Waals surface area contributed by atoms with E-state index in [-0.39, 0.29) is 24.5 Å². The van der Waals surface area contributed by atoms with Crippen LogP contribution in [-0.2, 0) is 26.0 Å². The number of hydrogen-bond acceptors (Lipinski definition) is 5. The lowest BCUT2D eigenvalue weighted by molar-refractivity contribution is -0.123. The van der Waals surface area contributed by atoms with Crippen molar-refractivity contribution in [1.82, 2.24) is 4.72 Å². The van der Waals surface area contributed by atoms with Crippen LogP contribution in [0, 0.1) is 24.5 Å². The number of hydrogen-bond donors (Lipinski definition) is 2. The van der Waals surface area contributed by atoms with E-state index in [2.05, 4.69) is 5.32 Å². The number of amides is 2. The molecule has 46 heavy (non-hydrogen) atoms. The highest BCUT2D eigenvalue weighted by molar-refractivity contribution is 7.90. The molecular formula is C36H36F2N2O5S. The van der Waals surface area contributed by atoms with Gasteiger partial charge in [-0.05, 0) is 78.8 Å². The fourth-order valence-corrected chi connectivity index (χ4v) is 6.08. The molecule has 4 aromatic carbocycles. The Bertz CT molecular complexity index is 1810. The molecule has 4 rings (SSSR count). The maximum absolute atomic E-state index is 13.7. The van der Waals surface area contributed by atoms with E-state index in [9.17, 15) is 31.6 Å². The zero-order valence-corrected chi connectivity index (χ0v) is 26.5. The molecule has 0 aliphatic heterocycles. The molecule has 10 heteroatoms. The summed E-state index contributed by atoms with van der Waals surface area (Å²) < 4.78 is 54.8. The summed E-state index contributed by atoms with van der Waals surface area (Å²) in [5.41, 5.74) is 4.41. The van der Waals surface area contributed by atoms with Gasteiger partial charge >= 0.3 is 0 Å². The predicted molar refractivity (Wildman–Crippen MR) is 174 cm³/mol. The van der Waals surface area contributed by atoms with E-state index in [0.717, 1.165) is 35.6 Å². The number of halogens is 2. The van der Waals surface area contributed by atoms with Crippen LogP contribution in [0.25, 0.3) is 11.1 Å². The van der Waals surface area contributed by atoms with E-state index < -0.39 is 38.4 Å². The maximum Gasteiger partial charge on any atom is 0.264 e. The first-order valence-electron chi connectivity index (χ1n) is 15.1. The molecular weight excluding hydrogens is 610 g/mol. The number of ketones is 1. The van der Waals surface area contributed by atoms with Gasteiger partial charge in [-0.25, -0.2) is 21.9 Å². The molecule has 2 amide bonds. The molecule has 0 saturated carbocycles. The summed E-state index contributed by atoms with van der Waals surface area (Å²) in [4.78, 5) is 38.3. The highest BCUT2D eigenvalue weighted by atomic mass is 32.2. The van der Waals surface area contributed by atoms with Crippen molar-refractivity contribution < 1.29 is 31.6 Å². The lowest BCUT2D eigenvalue weighted by atomic mass is 9.89. The second kappa shape index (κ2) is 15.5. The molecule has 0 aromatic heterocycles. The predicted octanol–water partition coefficient (Wildman–Crippen LogP) is 7.40. The molecule has 4 aromatic rings. The topological polar surface area (TPSA) is 109 Å². The monoisotopic (exact) mass is 646 g/mol. The van der Waals surface area contributed by atoms with Crippen LogP contribution < -0.4 is 10.0 Å². The van der Waals surface area contributed by atoms with Crippen LogP contribution >= 0.6 is 0 Å². The first kappa shape index (κ1) is 34.2. The number of benzene rings is 4. The Hall–Kier alpha value is -4.70. The van der Waals surface area contributed by atoms with Crippen LogP contribution in [0.2, 0.25) is 0 Å². The molecule has 240 valence electrons. The lowest BCUT2D eigenvalue weighted by Gasteiger charge is -2.18. The summed E-state index contributed by atoms with van der Waals surface area (Å²) in [5.74, 6) is -4.90. The van der Waals surface area contributed by atoms with Gasteiger partial charge in [0.2, 0.25) is 11.8 Å². The average molecular weight is 647 g/mol. The number of aryl methyl sites for hydroxylation is 2. The molecule has 2 N–H and O–H groups in total. The van der Waals surface area contributed by atoms with E-state index in [1.807, 2.05) is 72.3 Å². The minimum atomic E-state index is -4.53. The van der Waals surface area contributed by atoms with E-state index in [1.54, 1.807) is 19.1 Å². The molecule has 0 aliphatic rings. The van der Waals surface area contributed by atoms with Crippen molar-refractivity contribution in [2.45, 2.75) is 57.3 Å². The minimum Gasteiger partial charge on any atom is -0.326 e. The van der Waals surface area contributed by atoms with E-state index >= 15 is 0 Å². The van der Waals surface area contributed by atoms with Crippen molar-refractivity contribution in [2.24, 2.45) is 5.92 Å². The summed E-state index contributed by atoms with van der Waals surface area (Å²) in [6, 6.07) is 24.0. The van der Waals surface area contributed by atoms with Crippen molar-refractivity contribution in [1.29, 1.82) is 0 Å². The highest BCUT2D eigenvalue weighted by Gasteiger charge is 2.28.